The van der Waals surface area contributed by atoms with Gasteiger partial charge in [-0.2, -0.15) is 0 Å². The van der Waals surface area contributed by atoms with Crippen LogP contribution in [0.5, 0.6) is 5.75 Å². The zero-order valence-electron chi connectivity index (χ0n) is 20.8. The number of carbonyl (C=O) groups excluding carboxylic acids is 2. The summed E-state index contributed by atoms with van der Waals surface area (Å²) in [4.78, 5) is 31.8. The molecule has 2 heterocycles. The van der Waals surface area contributed by atoms with Crippen LogP contribution in [0.2, 0.25) is 0 Å². The molecule has 0 radical (unpaired) electrons. The quantitative estimate of drug-likeness (QED) is 0.490. The van der Waals surface area contributed by atoms with Crippen molar-refractivity contribution in [1.29, 1.82) is 0 Å². The summed E-state index contributed by atoms with van der Waals surface area (Å²) in [7, 11) is 1.63. The molecule has 1 saturated carbocycles. The molecule has 0 bridgehead atoms. The number of rotatable bonds is 7. The van der Waals surface area contributed by atoms with Crippen LogP contribution < -0.4 is 9.64 Å². The number of benzene rings is 2. The summed E-state index contributed by atoms with van der Waals surface area (Å²) < 4.78 is 18.6. The maximum Gasteiger partial charge on any atom is 0.254 e. The molecule has 8 nitrogen and oxygen atoms in total. The highest BCUT2D eigenvalue weighted by Crippen LogP contribution is 2.29. The number of nitrogens with zero attached hydrogens (tertiary/aromatic N) is 5. The maximum absolute atomic E-state index is 13.3. The van der Waals surface area contributed by atoms with E-state index in [-0.39, 0.29) is 30.2 Å². The van der Waals surface area contributed by atoms with Gasteiger partial charge in [0.25, 0.3) is 5.91 Å². The Labute approximate surface area is 215 Å². The van der Waals surface area contributed by atoms with Crippen LogP contribution in [-0.2, 0) is 4.79 Å². The van der Waals surface area contributed by atoms with E-state index in [1.54, 1.807) is 12.0 Å². The number of halogens is 1. The predicted octanol–water partition coefficient (Wildman–Crippen LogP) is 3.63. The van der Waals surface area contributed by atoms with Gasteiger partial charge in [-0.25, -0.2) is 4.39 Å². The van der Waals surface area contributed by atoms with Crippen LogP contribution in [0, 0.1) is 5.82 Å². The minimum atomic E-state index is -0.389. The molecule has 192 valence electrons. The Bertz CT molecular complexity index is 1250. The van der Waals surface area contributed by atoms with Gasteiger partial charge in [0.2, 0.25) is 5.91 Å². The van der Waals surface area contributed by atoms with Crippen molar-refractivity contribution in [3.05, 3.63) is 72.0 Å². The molecule has 2 aliphatic rings. The van der Waals surface area contributed by atoms with Gasteiger partial charge >= 0.3 is 0 Å². The number of hydrogen-bond donors (Lipinski definition) is 0. The zero-order valence-corrected chi connectivity index (χ0v) is 20.8. The molecule has 1 aliphatic carbocycles. The van der Waals surface area contributed by atoms with Crippen molar-refractivity contribution < 1.29 is 18.7 Å². The van der Waals surface area contributed by atoms with Gasteiger partial charge in [0.05, 0.1) is 12.8 Å². The molecule has 1 aromatic heterocycles. The van der Waals surface area contributed by atoms with E-state index in [0.717, 1.165) is 48.6 Å². The van der Waals surface area contributed by atoms with Crippen molar-refractivity contribution >= 4 is 17.6 Å². The van der Waals surface area contributed by atoms with Crippen molar-refractivity contribution in [2.24, 2.45) is 0 Å². The Morgan fingerprint density at radius 1 is 1.00 bits per heavy atom. The summed E-state index contributed by atoms with van der Waals surface area (Å²) in [6, 6.07) is 17.2. The molecule has 2 amide bonds. The fourth-order valence-electron chi connectivity index (χ4n) is 4.58. The van der Waals surface area contributed by atoms with E-state index in [9.17, 15) is 14.0 Å². The van der Waals surface area contributed by atoms with Gasteiger partial charge in [0.15, 0.2) is 5.82 Å². The van der Waals surface area contributed by atoms with E-state index in [4.69, 9.17) is 4.74 Å². The lowest BCUT2D eigenvalue weighted by Gasteiger charge is -2.27. The third kappa shape index (κ3) is 5.87. The Morgan fingerprint density at radius 3 is 2.51 bits per heavy atom. The lowest BCUT2D eigenvalue weighted by atomic mass is 10.1. The Hall–Kier alpha value is -4.01. The maximum atomic E-state index is 13.3. The van der Waals surface area contributed by atoms with Crippen LogP contribution in [0.1, 0.15) is 29.6 Å². The number of carbonyl (C=O) groups is 2. The number of amides is 2. The van der Waals surface area contributed by atoms with Gasteiger partial charge in [-0.3, -0.25) is 9.59 Å². The lowest BCUT2D eigenvalue weighted by molar-refractivity contribution is -0.131. The Balaban J connectivity index is 1.20. The highest BCUT2D eigenvalue weighted by Gasteiger charge is 2.35. The third-order valence-electron chi connectivity index (χ3n) is 6.83. The lowest BCUT2D eigenvalue weighted by Crippen LogP contribution is -2.45. The molecule has 9 heteroatoms. The molecular formula is C28H30FN5O3. The average Bonchev–Trinajstić information content (AvgIpc) is 3.79. The summed E-state index contributed by atoms with van der Waals surface area (Å²) in [5.74, 6) is 0.856. The highest BCUT2D eigenvalue weighted by molar-refractivity contribution is 5.97. The van der Waals surface area contributed by atoms with Crippen molar-refractivity contribution in [3.8, 4) is 17.0 Å². The number of ether oxygens (including phenoxy) is 1. The monoisotopic (exact) mass is 503 g/mol. The Morgan fingerprint density at radius 2 is 1.81 bits per heavy atom. The molecule has 2 fully saturated rings. The molecule has 0 atom stereocenters. The first kappa shape index (κ1) is 24.7. The molecule has 2 aromatic carbocycles. The van der Waals surface area contributed by atoms with Gasteiger partial charge in [0, 0.05) is 43.3 Å². The summed E-state index contributed by atoms with van der Waals surface area (Å²) in [5.41, 5.74) is 2.10. The van der Waals surface area contributed by atoms with Crippen LogP contribution in [0.15, 0.2) is 60.7 Å². The first-order valence-corrected chi connectivity index (χ1v) is 12.6. The summed E-state index contributed by atoms with van der Waals surface area (Å²) >= 11 is 0. The number of aromatic nitrogens is 2. The topological polar surface area (TPSA) is 78.9 Å². The smallest absolute Gasteiger partial charge is 0.254 e. The van der Waals surface area contributed by atoms with Gasteiger partial charge in [-0.15, -0.1) is 10.2 Å². The van der Waals surface area contributed by atoms with E-state index in [1.807, 2.05) is 41.3 Å². The van der Waals surface area contributed by atoms with Gasteiger partial charge in [-0.05, 0) is 67.8 Å². The minimum absolute atomic E-state index is 0.0376. The summed E-state index contributed by atoms with van der Waals surface area (Å²) in [6.07, 6.45) is 2.57. The standard InChI is InChI=1S/C28H30FN5O3/c1-37-24-5-2-4-21(18-24)25-12-13-26(31-30-25)32-14-3-15-33(17-16-32)27(35)19-34(23-10-11-23)28(36)20-6-8-22(29)9-7-20/h2,4-9,12-13,18,23H,3,10-11,14-17,19H2,1H3. The second-order valence-corrected chi connectivity index (χ2v) is 9.40. The average molecular weight is 504 g/mol. The van der Waals surface area contributed by atoms with Crippen LogP contribution in [0.3, 0.4) is 0 Å². The molecular weight excluding hydrogens is 473 g/mol. The van der Waals surface area contributed by atoms with Gasteiger partial charge in [-0.1, -0.05) is 12.1 Å². The molecule has 1 saturated heterocycles. The van der Waals surface area contributed by atoms with Crippen molar-refractivity contribution in [1.82, 2.24) is 20.0 Å². The molecule has 3 aromatic rings. The fourth-order valence-corrected chi connectivity index (χ4v) is 4.58. The Kier molecular flexibility index (Phi) is 7.30. The third-order valence-corrected chi connectivity index (χ3v) is 6.83. The van der Waals surface area contributed by atoms with Crippen LogP contribution in [0.25, 0.3) is 11.3 Å². The molecule has 0 unspecified atom stereocenters. The molecule has 37 heavy (non-hydrogen) atoms. The van der Waals surface area contributed by atoms with E-state index >= 15 is 0 Å². The predicted molar refractivity (Wildman–Crippen MR) is 138 cm³/mol. The van der Waals surface area contributed by atoms with Crippen LogP contribution >= 0.6 is 0 Å². The molecule has 1 aliphatic heterocycles. The number of methoxy groups -OCH3 is 1. The van der Waals surface area contributed by atoms with E-state index in [1.165, 1.54) is 24.3 Å². The molecule has 5 rings (SSSR count). The number of anilines is 1. The second kappa shape index (κ2) is 10.9. The summed E-state index contributed by atoms with van der Waals surface area (Å²) in [5, 5.41) is 8.85. The van der Waals surface area contributed by atoms with Crippen molar-refractivity contribution in [2.45, 2.75) is 25.3 Å². The van der Waals surface area contributed by atoms with E-state index in [2.05, 4.69) is 15.1 Å². The first-order chi connectivity index (χ1) is 18.0. The first-order valence-electron chi connectivity index (χ1n) is 12.6. The number of hydrogen-bond acceptors (Lipinski definition) is 6. The SMILES string of the molecule is COc1cccc(-c2ccc(N3CCCN(C(=O)CN(C(=O)c4ccc(F)cc4)C4CC4)CC3)nn2)c1. The van der Waals surface area contributed by atoms with Gasteiger partial charge < -0.3 is 19.4 Å². The van der Waals surface area contributed by atoms with E-state index in [0.29, 0.717) is 25.2 Å². The molecule has 0 N–H and O–H groups in total. The van der Waals surface area contributed by atoms with Crippen LogP contribution in [0.4, 0.5) is 10.2 Å². The largest absolute Gasteiger partial charge is 0.497 e. The van der Waals surface area contributed by atoms with Crippen molar-refractivity contribution in [3.63, 3.8) is 0 Å². The minimum Gasteiger partial charge on any atom is -0.497 e. The van der Waals surface area contributed by atoms with Crippen molar-refractivity contribution in [2.75, 3.05) is 44.7 Å². The summed E-state index contributed by atoms with van der Waals surface area (Å²) in [6.45, 7) is 2.59. The molecule has 0 spiro atoms. The normalized spacial score (nSPS) is 15.7. The zero-order chi connectivity index (χ0) is 25.8. The van der Waals surface area contributed by atoms with E-state index < -0.39 is 0 Å². The van der Waals surface area contributed by atoms with Gasteiger partial charge in [0.1, 0.15) is 18.1 Å². The van der Waals surface area contributed by atoms with Crippen LogP contribution in [-0.4, -0.2) is 77.7 Å². The highest BCUT2D eigenvalue weighted by atomic mass is 19.1. The fraction of sp³-hybridized carbons (Fsp3) is 0.357. The second-order valence-electron chi connectivity index (χ2n) is 9.40.